The molecule has 180 valence electrons. The highest BCUT2D eigenvalue weighted by molar-refractivity contribution is 5.15. The quantitative estimate of drug-likeness (QED) is 0.452. The molecule has 1 heterocycles. The fourth-order valence-electron chi connectivity index (χ4n) is 4.16. The van der Waals surface area contributed by atoms with Crippen LogP contribution in [-0.4, -0.2) is 49.4 Å². The molecule has 6 nitrogen and oxygen atoms in total. The van der Waals surface area contributed by atoms with Gasteiger partial charge in [-0.05, 0) is 23.7 Å². The minimum atomic E-state index is -1.05. The Labute approximate surface area is 201 Å². The van der Waals surface area contributed by atoms with E-state index in [1.807, 2.05) is 91.0 Å². The fourth-order valence-corrected chi connectivity index (χ4v) is 4.16. The van der Waals surface area contributed by atoms with Crippen LogP contribution in [0.15, 0.2) is 91.0 Å². The molecule has 0 spiro atoms. The molecule has 34 heavy (non-hydrogen) atoms. The van der Waals surface area contributed by atoms with E-state index in [-0.39, 0.29) is 6.61 Å². The summed E-state index contributed by atoms with van der Waals surface area (Å²) in [6.45, 7) is 1.53. The number of ether oxygens (including phenoxy) is 4. The van der Waals surface area contributed by atoms with Crippen molar-refractivity contribution in [3.63, 3.8) is 0 Å². The molecule has 0 radical (unpaired) electrons. The predicted octanol–water partition coefficient (Wildman–Crippen LogP) is 3.68. The summed E-state index contributed by atoms with van der Waals surface area (Å²) < 4.78 is 24.7. The smallest absolute Gasteiger partial charge is 0.173 e. The lowest BCUT2D eigenvalue weighted by Gasteiger charge is -2.44. The first-order valence-corrected chi connectivity index (χ1v) is 11.7. The van der Waals surface area contributed by atoms with Crippen LogP contribution < -0.4 is 5.32 Å². The maximum Gasteiger partial charge on any atom is 0.173 e. The molecule has 1 aliphatic heterocycles. The minimum absolute atomic E-state index is 0.271. The van der Waals surface area contributed by atoms with Gasteiger partial charge in [0.15, 0.2) is 6.29 Å². The highest BCUT2D eigenvalue weighted by Crippen LogP contribution is 2.27. The van der Waals surface area contributed by atoms with Crippen LogP contribution in [0.4, 0.5) is 0 Å². The van der Waals surface area contributed by atoms with Gasteiger partial charge in [0, 0.05) is 0 Å². The molecule has 4 rings (SSSR count). The van der Waals surface area contributed by atoms with E-state index in [1.54, 1.807) is 7.05 Å². The van der Waals surface area contributed by atoms with Gasteiger partial charge in [-0.3, -0.25) is 0 Å². The standard InChI is InChI=1S/C28H33NO5/c1-29-25-27(33-19-23-15-9-4-10-16-23)26(32-18-22-13-7-3-8-14-22)24(34-28(25)30)20-31-17-21-11-5-2-6-12-21/h2-16,24-30H,17-20H2,1H3/t24-,25+,26+,27-,28-/m1/s1. The molecule has 1 saturated heterocycles. The average Bonchev–Trinajstić information content (AvgIpc) is 2.88. The van der Waals surface area contributed by atoms with Crippen molar-refractivity contribution in [3.8, 4) is 0 Å². The van der Waals surface area contributed by atoms with Gasteiger partial charge in [0.25, 0.3) is 0 Å². The molecule has 0 saturated carbocycles. The molecule has 0 aliphatic carbocycles. The van der Waals surface area contributed by atoms with Gasteiger partial charge in [0.2, 0.25) is 0 Å². The van der Waals surface area contributed by atoms with Crippen LogP contribution in [0.2, 0.25) is 0 Å². The summed E-state index contributed by atoms with van der Waals surface area (Å²) in [5.41, 5.74) is 3.18. The first-order valence-electron chi connectivity index (χ1n) is 11.7. The van der Waals surface area contributed by atoms with Gasteiger partial charge in [-0.1, -0.05) is 91.0 Å². The average molecular weight is 464 g/mol. The SMILES string of the molecule is CN[C@H]1[C@@H](OCc2ccccc2)[C@@H](OCc2ccccc2)[C@@H](COCc2ccccc2)O[C@H]1O. The Hall–Kier alpha value is -2.58. The maximum absolute atomic E-state index is 10.8. The van der Waals surface area contributed by atoms with Crippen molar-refractivity contribution < 1.29 is 24.1 Å². The van der Waals surface area contributed by atoms with Gasteiger partial charge >= 0.3 is 0 Å². The lowest BCUT2D eigenvalue weighted by molar-refractivity contribution is -0.277. The van der Waals surface area contributed by atoms with Crippen molar-refractivity contribution in [1.82, 2.24) is 5.32 Å². The third-order valence-corrected chi connectivity index (χ3v) is 5.96. The van der Waals surface area contributed by atoms with Crippen molar-refractivity contribution in [1.29, 1.82) is 0 Å². The highest BCUT2D eigenvalue weighted by Gasteiger charge is 2.46. The van der Waals surface area contributed by atoms with Gasteiger partial charge in [-0.2, -0.15) is 0 Å². The van der Waals surface area contributed by atoms with Gasteiger partial charge in [-0.25, -0.2) is 0 Å². The molecule has 0 amide bonds. The third-order valence-electron chi connectivity index (χ3n) is 5.96. The second kappa shape index (κ2) is 12.8. The Morgan fingerprint density at radius 2 is 1.18 bits per heavy atom. The number of hydrogen-bond acceptors (Lipinski definition) is 6. The van der Waals surface area contributed by atoms with Crippen LogP contribution in [0.25, 0.3) is 0 Å². The van der Waals surface area contributed by atoms with Crippen LogP contribution in [-0.2, 0) is 38.8 Å². The van der Waals surface area contributed by atoms with E-state index >= 15 is 0 Å². The molecule has 0 aromatic heterocycles. The number of aliphatic hydroxyl groups excluding tert-OH is 1. The zero-order valence-corrected chi connectivity index (χ0v) is 19.5. The van der Waals surface area contributed by atoms with Crippen LogP contribution in [0, 0.1) is 0 Å². The van der Waals surface area contributed by atoms with Crippen molar-refractivity contribution in [2.24, 2.45) is 0 Å². The summed E-state index contributed by atoms with van der Waals surface area (Å²) in [7, 11) is 1.79. The predicted molar refractivity (Wildman–Crippen MR) is 130 cm³/mol. The van der Waals surface area contributed by atoms with Crippen LogP contribution in [0.1, 0.15) is 16.7 Å². The molecule has 6 heteroatoms. The van der Waals surface area contributed by atoms with E-state index in [9.17, 15) is 5.11 Å². The summed E-state index contributed by atoms with van der Waals surface area (Å²) >= 11 is 0. The lowest BCUT2D eigenvalue weighted by Crippen LogP contribution is -2.64. The van der Waals surface area contributed by atoms with Gasteiger partial charge in [0.1, 0.15) is 18.3 Å². The van der Waals surface area contributed by atoms with Crippen LogP contribution in [0.3, 0.4) is 0 Å². The number of rotatable bonds is 11. The van der Waals surface area contributed by atoms with Crippen molar-refractivity contribution >= 4 is 0 Å². The normalized spacial score (nSPS) is 24.7. The molecule has 0 unspecified atom stereocenters. The fraction of sp³-hybridized carbons (Fsp3) is 0.357. The van der Waals surface area contributed by atoms with Crippen LogP contribution in [0.5, 0.6) is 0 Å². The molecule has 1 fully saturated rings. The van der Waals surface area contributed by atoms with Gasteiger partial charge < -0.3 is 29.4 Å². The van der Waals surface area contributed by atoms with Crippen LogP contribution >= 0.6 is 0 Å². The number of benzene rings is 3. The summed E-state index contributed by atoms with van der Waals surface area (Å²) in [6.07, 6.45) is -2.43. The van der Waals surface area contributed by atoms with Gasteiger partial charge in [0.05, 0.1) is 32.5 Å². The lowest BCUT2D eigenvalue weighted by atomic mass is 9.96. The summed E-state index contributed by atoms with van der Waals surface area (Å²) in [4.78, 5) is 0. The van der Waals surface area contributed by atoms with E-state index in [2.05, 4.69) is 5.32 Å². The van der Waals surface area contributed by atoms with E-state index < -0.39 is 30.6 Å². The topological polar surface area (TPSA) is 69.2 Å². The van der Waals surface area contributed by atoms with E-state index in [0.717, 1.165) is 16.7 Å². The Morgan fingerprint density at radius 3 is 1.68 bits per heavy atom. The Bertz CT molecular complexity index is 956. The number of nitrogens with one attached hydrogen (secondary N) is 1. The minimum Gasteiger partial charge on any atom is -0.374 e. The largest absolute Gasteiger partial charge is 0.374 e. The van der Waals surface area contributed by atoms with Crippen molar-refractivity contribution in [2.75, 3.05) is 13.7 Å². The molecular formula is C28H33NO5. The highest BCUT2D eigenvalue weighted by atomic mass is 16.7. The van der Waals surface area contributed by atoms with E-state index in [4.69, 9.17) is 18.9 Å². The second-order valence-corrected chi connectivity index (χ2v) is 8.40. The van der Waals surface area contributed by atoms with Gasteiger partial charge in [-0.15, -0.1) is 0 Å². The second-order valence-electron chi connectivity index (χ2n) is 8.40. The first-order chi connectivity index (χ1) is 16.7. The molecule has 2 N–H and O–H groups in total. The van der Waals surface area contributed by atoms with Crippen molar-refractivity contribution in [3.05, 3.63) is 108 Å². The molecule has 3 aromatic carbocycles. The molecule has 0 bridgehead atoms. The maximum atomic E-state index is 10.8. The van der Waals surface area contributed by atoms with E-state index in [1.165, 1.54) is 0 Å². The third kappa shape index (κ3) is 6.73. The Morgan fingerprint density at radius 1 is 0.706 bits per heavy atom. The number of aliphatic hydroxyl groups is 1. The Kier molecular flexibility index (Phi) is 9.21. The monoisotopic (exact) mass is 463 g/mol. The summed E-state index contributed by atoms with van der Waals surface area (Å²) in [5.74, 6) is 0. The number of hydrogen-bond donors (Lipinski definition) is 2. The van der Waals surface area contributed by atoms with Crippen molar-refractivity contribution in [2.45, 2.75) is 50.5 Å². The van der Waals surface area contributed by atoms with E-state index in [0.29, 0.717) is 19.8 Å². The summed E-state index contributed by atoms with van der Waals surface area (Å²) in [6, 6.07) is 29.5. The zero-order valence-electron chi connectivity index (χ0n) is 19.5. The number of likely N-dealkylation sites (N-methyl/N-ethyl adjacent to an activating group) is 1. The molecule has 1 aliphatic rings. The first kappa shape index (κ1) is 24.5. The molecule has 3 aromatic rings. The zero-order chi connectivity index (χ0) is 23.6. The Balaban J connectivity index is 1.49. The molecule has 5 atom stereocenters. The summed E-state index contributed by atoms with van der Waals surface area (Å²) in [5, 5.41) is 13.9. The molecular weight excluding hydrogens is 430 g/mol.